The van der Waals surface area contributed by atoms with Gasteiger partial charge in [-0.2, -0.15) is 0 Å². The van der Waals surface area contributed by atoms with E-state index >= 15 is 8.78 Å². The van der Waals surface area contributed by atoms with Crippen molar-refractivity contribution in [3.05, 3.63) is 11.6 Å². The fraction of sp³-hybridized carbons (Fsp3) is 0.878. The van der Waals surface area contributed by atoms with Crippen LogP contribution in [0.4, 0.5) is 8.78 Å². The SMILES string of the molecule is CCCCCCCCCCCCCCCC(=O)OCC(=O)[C@@]12OC(CCC)O[C@@H]1C[C@H]1[C@@H]3C[C@H](F)C4=CC(=O)CC[C@]4(C)[C@@]3(F)[C@@H](O)C[C@@]12C. The van der Waals surface area contributed by atoms with Crippen molar-refractivity contribution in [2.75, 3.05) is 6.61 Å². The molecule has 0 aromatic rings. The summed E-state index contributed by atoms with van der Waals surface area (Å²) in [6.45, 7) is 7.23. The molecule has 1 unspecified atom stereocenters. The zero-order chi connectivity index (χ0) is 36.2. The summed E-state index contributed by atoms with van der Waals surface area (Å²) in [4.78, 5) is 39.4. The number of aliphatic hydroxyl groups excluding tert-OH is 1. The van der Waals surface area contributed by atoms with E-state index in [9.17, 15) is 19.5 Å². The number of Topliss-reactive ketones (excluding diaryl/α,β-unsaturated/α-hetero) is 1. The van der Waals surface area contributed by atoms with Crippen LogP contribution in [0.15, 0.2) is 11.6 Å². The standard InChI is InChI=1S/C41H64F2O7/c1-5-7-8-9-10-11-12-13-14-15-16-17-18-20-36(47)48-27-34(46)41-35(49-37(50-41)19-6-2)25-29-30-24-32(42)31-23-28(44)21-22-38(31,3)40(30,43)33(45)26-39(29,41)4/h23,29-30,32-33,35,37,45H,5-22,24-27H2,1-4H3/t29-,30-,32-,33-,35+,37?,38-,39-,40-,41+/m0/s1. The lowest BCUT2D eigenvalue weighted by Crippen LogP contribution is -2.71. The monoisotopic (exact) mass is 706 g/mol. The van der Waals surface area contributed by atoms with Crippen molar-refractivity contribution in [3.8, 4) is 0 Å². The summed E-state index contributed by atoms with van der Waals surface area (Å²) in [6, 6.07) is 0. The van der Waals surface area contributed by atoms with Gasteiger partial charge in [-0.1, -0.05) is 111 Å². The zero-order valence-electron chi connectivity index (χ0n) is 31.3. The van der Waals surface area contributed by atoms with E-state index in [4.69, 9.17) is 14.2 Å². The molecule has 3 saturated carbocycles. The molecule has 1 saturated heterocycles. The fourth-order valence-corrected chi connectivity index (χ4v) is 10.9. The van der Waals surface area contributed by atoms with Gasteiger partial charge in [-0.3, -0.25) is 14.4 Å². The lowest BCUT2D eigenvalue weighted by molar-refractivity contribution is -0.242. The van der Waals surface area contributed by atoms with Gasteiger partial charge in [0.25, 0.3) is 0 Å². The summed E-state index contributed by atoms with van der Waals surface area (Å²) in [6.07, 6.45) is 14.2. The highest BCUT2D eigenvalue weighted by atomic mass is 19.1. The van der Waals surface area contributed by atoms with Crippen LogP contribution in [0.2, 0.25) is 0 Å². The number of hydrogen-bond acceptors (Lipinski definition) is 7. The number of alkyl halides is 2. The molecule has 1 N–H and O–H groups in total. The highest BCUT2D eigenvalue weighted by Crippen LogP contribution is 2.72. The molecule has 0 amide bonds. The number of esters is 1. The number of hydrogen-bond donors (Lipinski definition) is 1. The van der Waals surface area contributed by atoms with E-state index in [1.807, 2.05) is 13.8 Å². The van der Waals surface area contributed by atoms with Crippen molar-refractivity contribution >= 4 is 17.5 Å². The largest absolute Gasteiger partial charge is 0.458 e. The molecule has 1 aliphatic heterocycles. The minimum Gasteiger partial charge on any atom is -0.458 e. The van der Waals surface area contributed by atoms with Crippen LogP contribution in [-0.2, 0) is 28.6 Å². The first-order valence-corrected chi connectivity index (χ1v) is 20.2. The second-order valence-electron chi connectivity index (χ2n) is 16.7. The van der Waals surface area contributed by atoms with Gasteiger partial charge in [0.15, 0.2) is 24.3 Å². The number of carbonyl (C=O) groups is 3. The Balaban J connectivity index is 1.18. The molecule has 4 fully saturated rings. The number of allylic oxidation sites excluding steroid dienone is 1. The number of rotatable bonds is 19. The first kappa shape index (κ1) is 39.5. The van der Waals surface area contributed by atoms with E-state index in [0.717, 1.165) is 25.7 Å². The second-order valence-corrected chi connectivity index (χ2v) is 16.7. The van der Waals surface area contributed by atoms with Gasteiger partial charge in [-0.05, 0) is 56.1 Å². The van der Waals surface area contributed by atoms with E-state index in [1.54, 1.807) is 6.92 Å². The Hall–Kier alpha value is -1.71. The molecule has 10 atom stereocenters. The van der Waals surface area contributed by atoms with Gasteiger partial charge < -0.3 is 19.3 Å². The maximum Gasteiger partial charge on any atom is 0.306 e. The Bertz CT molecular complexity index is 1240. The summed E-state index contributed by atoms with van der Waals surface area (Å²) in [5.74, 6) is -2.53. The highest BCUT2D eigenvalue weighted by molar-refractivity contribution is 5.93. The van der Waals surface area contributed by atoms with Crippen molar-refractivity contribution in [3.63, 3.8) is 0 Å². The van der Waals surface area contributed by atoms with Gasteiger partial charge in [-0.25, -0.2) is 8.78 Å². The maximum atomic E-state index is 17.7. The molecule has 0 aromatic carbocycles. The van der Waals surface area contributed by atoms with E-state index in [1.165, 1.54) is 63.9 Å². The van der Waals surface area contributed by atoms with Crippen LogP contribution in [0.1, 0.15) is 163 Å². The molecule has 0 bridgehead atoms. The summed E-state index contributed by atoms with van der Waals surface area (Å²) >= 11 is 0. The summed E-state index contributed by atoms with van der Waals surface area (Å²) in [7, 11) is 0. The van der Waals surface area contributed by atoms with Crippen LogP contribution in [-0.4, -0.2) is 65.2 Å². The van der Waals surface area contributed by atoms with E-state index in [0.29, 0.717) is 12.8 Å². The summed E-state index contributed by atoms with van der Waals surface area (Å²) < 4.78 is 52.1. The molecule has 50 heavy (non-hydrogen) atoms. The van der Waals surface area contributed by atoms with Gasteiger partial charge in [0.05, 0.1) is 12.2 Å². The van der Waals surface area contributed by atoms with Crippen LogP contribution < -0.4 is 0 Å². The summed E-state index contributed by atoms with van der Waals surface area (Å²) in [5.41, 5.74) is -6.02. The predicted octanol–water partition coefficient (Wildman–Crippen LogP) is 9.01. The zero-order valence-corrected chi connectivity index (χ0v) is 31.3. The quantitative estimate of drug-likeness (QED) is 0.106. The van der Waals surface area contributed by atoms with Gasteiger partial charge >= 0.3 is 5.97 Å². The second kappa shape index (κ2) is 16.5. The first-order chi connectivity index (χ1) is 23.9. The topological polar surface area (TPSA) is 99.1 Å². The normalized spacial score (nSPS) is 38.9. The summed E-state index contributed by atoms with van der Waals surface area (Å²) in [5, 5.41) is 11.8. The Morgan fingerprint density at radius 2 is 1.54 bits per heavy atom. The predicted molar refractivity (Wildman–Crippen MR) is 188 cm³/mol. The Morgan fingerprint density at radius 1 is 0.920 bits per heavy atom. The van der Waals surface area contributed by atoms with Crippen molar-refractivity contribution in [1.82, 2.24) is 0 Å². The minimum atomic E-state index is -2.18. The molecule has 0 aromatic heterocycles. The molecule has 9 heteroatoms. The third-order valence-electron chi connectivity index (χ3n) is 13.6. The molecule has 0 radical (unpaired) electrons. The van der Waals surface area contributed by atoms with Crippen LogP contribution >= 0.6 is 0 Å². The molecule has 0 spiro atoms. The van der Waals surface area contributed by atoms with Crippen molar-refractivity contribution in [2.24, 2.45) is 22.7 Å². The molecule has 1 heterocycles. The molecule has 5 rings (SSSR count). The molecule has 5 aliphatic rings. The van der Waals surface area contributed by atoms with Crippen molar-refractivity contribution in [1.29, 1.82) is 0 Å². The number of ketones is 2. The Morgan fingerprint density at radius 3 is 2.16 bits per heavy atom. The van der Waals surface area contributed by atoms with Gasteiger partial charge in [0.2, 0.25) is 5.78 Å². The van der Waals surface area contributed by atoms with Crippen LogP contribution in [0.5, 0.6) is 0 Å². The lowest BCUT2D eigenvalue weighted by Gasteiger charge is -2.64. The molecule has 4 aliphatic carbocycles. The van der Waals surface area contributed by atoms with E-state index < -0.39 is 77.0 Å². The number of fused-ring (bicyclic) bond motifs is 7. The van der Waals surface area contributed by atoms with Crippen molar-refractivity contribution in [2.45, 2.75) is 198 Å². The molecular formula is C41H64F2O7. The smallest absolute Gasteiger partial charge is 0.306 e. The molecule has 7 nitrogen and oxygen atoms in total. The number of aliphatic hydroxyl groups is 1. The van der Waals surface area contributed by atoms with Crippen LogP contribution in [0.3, 0.4) is 0 Å². The maximum absolute atomic E-state index is 17.7. The van der Waals surface area contributed by atoms with Gasteiger partial charge in [-0.15, -0.1) is 0 Å². The number of carbonyl (C=O) groups excluding carboxylic acids is 3. The van der Waals surface area contributed by atoms with E-state index in [-0.39, 0.29) is 49.9 Å². The Kier molecular flexibility index (Phi) is 13.1. The minimum absolute atomic E-state index is 0.0875. The van der Waals surface area contributed by atoms with E-state index in [2.05, 4.69) is 6.92 Å². The lowest BCUT2D eigenvalue weighted by atomic mass is 9.43. The number of ether oxygens (including phenoxy) is 3. The van der Waals surface area contributed by atoms with Crippen LogP contribution in [0.25, 0.3) is 0 Å². The fourth-order valence-electron chi connectivity index (χ4n) is 10.9. The highest BCUT2D eigenvalue weighted by Gasteiger charge is 2.80. The third kappa shape index (κ3) is 7.14. The van der Waals surface area contributed by atoms with Gasteiger partial charge in [0.1, 0.15) is 11.8 Å². The average molecular weight is 707 g/mol. The first-order valence-electron chi connectivity index (χ1n) is 20.2. The third-order valence-corrected chi connectivity index (χ3v) is 13.6. The van der Waals surface area contributed by atoms with Crippen molar-refractivity contribution < 1.29 is 42.5 Å². The number of halogens is 2. The van der Waals surface area contributed by atoms with Crippen LogP contribution in [0, 0.1) is 22.7 Å². The van der Waals surface area contributed by atoms with Gasteiger partial charge in [0, 0.05) is 29.6 Å². The molecular weight excluding hydrogens is 642 g/mol. The average Bonchev–Trinajstić information content (AvgIpc) is 3.56. The molecule has 284 valence electrons. The number of unbranched alkanes of at least 4 members (excludes halogenated alkanes) is 12. The Labute approximate surface area is 299 Å².